The van der Waals surface area contributed by atoms with Crippen molar-refractivity contribution < 1.29 is 22.7 Å². The molecule has 0 aliphatic rings. The molecule has 30 heavy (non-hydrogen) atoms. The molecule has 0 radical (unpaired) electrons. The minimum absolute atomic E-state index is 0.0420. The maximum Gasteiger partial charge on any atom is 0.313 e. The lowest BCUT2D eigenvalue weighted by molar-refractivity contribution is -0.143. The monoisotopic (exact) mass is 433 g/mol. The van der Waals surface area contributed by atoms with Crippen molar-refractivity contribution in [3.63, 3.8) is 0 Å². The normalized spacial score (nSPS) is 11.8. The number of fused-ring (bicyclic) bond motifs is 1. The van der Waals surface area contributed by atoms with E-state index in [1.54, 1.807) is 16.6 Å². The Kier molecular flexibility index (Phi) is 6.32. The fraction of sp³-hybridized carbons (Fsp3) is 0.368. The average Bonchev–Trinajstić information content (AvgIpc) is 3.08. The van der Waals surface area contributed by atoms with Crippen LogP contribution in [0.2, 0.25) is 0 Å². The van der Waals surface area contributed by atoms with Crippen molar-refractivity contribution in [2.45, 2.75) is 25.2 Å². The lowest BCUT2D eigenvalue weighted by atomic mass is 10.3. The van der Waals surface area contributed by atoms with Crippen LogP contribution >= 0.6 is 0 Å². The van der Waals surface area contributed by atoms with Crippen LogP contribution in [0.3, 0.4) is 0 Å². The lowest BCUT2D eigenvalue weighted by Gasteiger charge is -2.12. The second-order valence-electron chi connectivity index (χ2n) is 6.78. The van der Waals surface area contributed by atoms with Crippen molar-refractivity contribution in [3.05, 3.63) is 47.5 Å². The van der Waals surface area contributed by atoms with E-state index in [1.165, 1.54) is 26.2 Å². The van der Waals surface area contributed by atoms with E-state index in [2.05, 4.69) is 15.1 Å². The van der Waals surface area contributed by atoms with Crippen LogP contribution in [-0.2, 0) is 26.0 Å². The van der Waals surface area contributed by atoms with Gasteiger partial charge in [-0.3, -0.25) is 4.79 Å². The number of carbonyl (C=O) groups is 1. The third-order valence-electron chi connectivity index (χ3n) is 4.18. The molecule has 0 atom stereocenters. The molecule has 3 aromatic rings. The number of nitrogens with zero attached hydrogens (tertiary/aromatic N) is 5. The van der Waals surface area contributed by atoms with Crippen molar-refractivity contribution in [1.29, 1.82) is 0 Å². The highest BCUT2D eigenvalue weighted by molar-refractivity contribution is 7.89. The summed E-state index contributed by atoms with van der Waals surface area (Å²) >= 11 is 0. The van der Waals surface area contributed by atoms with Gasteiger partial charge < -0.3 is 9.47 Å². The van der Waals surface area contributed by atoms with Crippen molar-refractivity contribution in [1.82, 2.24) is 23.9 Å². The smallest absolute Gasteiger partial charge is 0.313 e. The number of ether oxygens (including phenoxy) is 2. The van der Waals surface area contributed by atoms with E-state index >= 15 is 0 Å². The number of aromatic nitrogens is 4. The van der Waals surface area contributed by atoms with E-state index in [0.29, 0.717) is 17.4 Å². The molecule has 0 unspecified atom stereocenters. The topological polar surface area (TPSA) is 116 Å². The molecule has 10 nitrogen and oxygen atoms in total. The molecule has 0 N–H and O–H groups in total. The number of aryl methyl sites for hydroxylation is 2. The Morgan fingerprint density at radius 1 is 1.10 bits per heavy atom. The molecule has 0 saturated carbocycles. The lowest BCUT2D eigenvalue weighted by Crippen LogP contribution is -2.22. The Balaban J connectivity index is 1.48. The second kappa shape index (κ2) is 8.76. The molecule has 0 saturated heterocycles. The van der Waals surface area contributed by atoms with E-state index in [0.717, 1.165) is 15.7 Å². The van der Waals surface area contributed by atoms with E-state index in [-0.39, 0.29) is 24.5 Å². The summed E-state index contributed by atoms with van der Waals surface area (Å²) in [5.74, 6) is 0.775. The average molecular weight is 433 g/mol. The Hall–Kier alpha value is -3.05. The summed E-state index contributed by atoms with van der Waals surface area (Å²) in [5, 5.41) is 4.27. The molecule has 160 valence electrons. The summed E-state index contributed by atoms with van der Waals surface area (Å²) in [5.41, 5.74) is 1.70. The van der Waals surface area contributed by atoms with Crippen LogP contribution < -0.4 is 4.74 Å². The van der Waals surface area contributed by atoms with Gasteiger partial charge in [0.15, 0.2) is 5.82 Å². The van der Waals surface area contributed by atoms with E-state index in [4.69, 9.17) is 9.47 Å². The van der Waals surface area contributed by atoms with Crippen LogP contribution in [0.15, 0.2) is 35.2 Å². The number of hydrogen-bond donors (Lipinski definition) is 0. The zero-order chi connectivity index (χ0) is 21.9. The maximum absolute atomic E-state index is 12.0. The van der Waals surface area contributed by atoms with Gasteiger partial charge in [0.2, 0.25) is 10.0 Å². The quantitative estimate of drug-likeness (QED) is 0.384. The number of hydrogen-bond acceptors (Lipinski definition) is 8. The minimum atomic E-state index is -3.48. The standard InChI is InChI=1S/C19H23N5O5S/c1-13-11-14(2)24-19(20-13)21-17(22-24)12-18(25)29-10-9-28-15-5-7-16(8-6-15)30(26,27)23(3)4/h5-8,11H,9-10,12H2,1-4H3. The molecule has 0 aliphatic heterocycles. The fourth-order valence-electron chi connectivity index (χ4n) is 2.70. The summed E-state index contributed by atoms with van der Waals surface area (Å²) in [6.45, 7) is 3.92. The van der Waals surface area contributed by atoms with E-state index in [1.807, 2.05) is 19.9 Å². The zero-order valence-corrected chi connectivity index (χ0v) is 18.0. The van der Waals surface area contributed by atoms with Gasteiger partial charge in [0.25, 0.3) is 5.78 Å². The third-order valence-corrected chi connectivity index (χ3v) is 6.01. The Morgan fingerprint density at radius 3 is 2.47 bits per heavy atom. The highest BCUT2D eigenvalue weighted by Gasteiger charge is 2.17. The van der Waals surface area contributed by atoms with Crippen molar-refractivity contribution in [2.24, 2.45) is 0 Å². The van der Waals surface area contributed by atoms with Gasteiger partial charge in [-0.1, -0.05) is 0 Å². The third kappa shape index (κ3) is 4.92. The van der Waals surface area contributed by atoms with Crippen LogP contribution in [0.25, 0.3) is 5.78 Å². The first-order valence-corrected chi connectivity index (χ1v) is 10.6. The second-order valence-corrected chi connectivity index (χ2v) is 8.94. The van der Waals surface area contributed by atoms with Gasteiger partial charge in [0.05, 0.1) is 4.90 Å². The summed E-state index contributed by atoms with van der Waals surface area (Å²) in [6, 6.07) is 7.91. The molecule has 0 aliphatic carbocycles. The first kappa shape index (κ1) is 21.7. The molecule has 0 fully saturated rings. The summed E-state index contributed by atoms with van der Waals surface area (Å²) in [7, 11) is -0.551. The SMILES string of the molecule is Cc1cc(C)n2nc(CC(=O)OCCOc3ccc(S(=O)(=O)N(C)C)cc3)nc2n1. The predicted molar refractivity (Wildman–Crippen MR) is 108 cm³/mol. The first-order valence-electron chi connectivity index (χ1n) is 9.18. The van der Waals surface area contributed by atoms with Gasteiger partial charge in [0.1, 0.15) is 25.4 Å². The molecule has 0 amide bonds. The molecule has 3 rings (SSSR count). The molecular formula is C19H23N5O5S. The van der Waals surface area contributed by atoms with Crippen LogP contribution in [0.1, 0.15) is 17.2 Å². The number of carbonyl (C=O) groups excluding carboxylic acids is 1. The summed E-state index contributed by atoms with van der Waals surface area (Å²) in [4.78, 5) is 20.7. The highest BCUT2D eigenvalue weighted by atomic mass is 32.2. The molecule has 1 aromatic carbocycles. The van der Waals surface area contributed by atoms with Gasteiger partial charge in [-0.05, 0) is 44.2 Å². The molecular weight excluding hydrogens is 410 g/mol. The van der Waals surface area contributed by atoms with Crippen LogP contribution in [0.5, 0.6) is 5.75 Å². The number of rotatable bonds is 8. The Bertz CT molecular complexity index is 1160. The number of esters is 1. The molecule has 0 bridgehead atoms. The van der Waals surface area contributed by atoms with Gasteiger partial charge in [-0.15, -0.1) is 5.10 Å². The zero-order valence-electron chi connectivity index (χ0n) is 17.2. The van der Waals surface area contributed by atoms with Gasteiger partial charge >= 0.3 is 5.97 Å². The van der Waals surface area contributed by atoms with Gasteiger partial charge in [-0.25, -0.2) is 22.2 Å². The summed E-state index contributed by atoms with van der Waals surface area (Å²) in [6.07, 6.45) is -0.0705. The fourth-order valence-corrected chi connectivity index (χ4v) is 3.60. The van der Waals surface area contributed by atoms with E-state index in [9.17, 15) is 13.2 Å². The molecule has 0 spiro atoms. The maximum atomic E-state index is 12.0. The first-order chi connectivity index (χ1) is 14.2. The predicted octanol–water partition coefficient (Wildman–Crippen LogP) is 1.16. The van der Waals surface area contributed by atoms with Crippen LogP contribution in [0.4, 0.5) is 0 Å². The van der Waals surface area contributed by atoms with Crippen LogP contribution in [-0.4, -0.2) is 65.6 Å². The summed E-state index contributed by atoms with van der Waals surface area (Å²) < 4.78 is 37.4. The number of benzene rings is 1. The Labute approximate surface area is 174 Å². The molecule has 2 aromatic heterocycles. The number of sulfonamides is 1. The molecule has 11 heteroatoms. The minimum Gasteiger partial charge on any atom is -0.490 e. The van der Waals surface area contributed by atoms with Gasteiger partial charge in [0, 0.05) is 25.5 Å². The van der Waals surface area contributed by atoms with Crippen molar-refractivity contribution in [3.8, 4) is 5.75 Å². The van der Waals surface area contributed by atoms with Gasteiger partial charge in [-0.2, -0.15) is 4.98 Å². The highest BCUT2D eigenvalue weighted by Crippen LogP contribution is 2.18. The van der Waals surface area contributed by atoms with Crippen molar-refractivity contribution in [2.75, 3.05) is 27.3 Å². The Morgan fingerprint density at radius 2 is 1.80 bits per heavy atom. The van der Waals surface area contributed by atoms with E-state index < -0.39 is 16.0 Å². The van der Waals surface area contributed by atoms with Crippen LogP contribution in [0, 0.1) is 13.8 Å². The largest absolute Gasteiger partial charge is 0.490 e. The molecule has 2 heterocycles. The van der Waals surface area contributed by atoms with Crippen molar-refractivity contribution >= 4 is 21.8 Å².